The Morgan fingerprint density at radius 1 is 1.20 bits per heavy atom. The Kier molecular flexibility index (Phi) is 7.36. The van der Waals surface area contributed by atoms with Gasteiger partial charge < -0.3 is 14.6 Å². The standard InChI is InChI=1S/C33H37FN2O4/c1-21(32(37)38)14-23-4-5-24-7-9-30(40-31(24)16-23)25-6-8-27(28-15-22(2)35-18-29(28)34)26(17-25)19-36-12-11-33(20-36)10-3-13-39-33/h4-6,8,15-18,21,30H,3,7,9-14,19-20H2,1-2H3,(H,37,38). The predicted octanol–water partition coefficient (Wildman–Crippen LogP) is 6.28. The highest BCUT2D eigenvalue weighted by molar-refractivity contribution is 5.70. The molecule has 2 saturated heterocycles. The van der Waals surface area contributed by atoms with Crippen LogP contribution >= 0.6 is 0 Å². The van der Waals surface area contributed by atoms with E-state index in [4.69, 9.17) is 9.47 Å². The second-order valence-corrected chi connectivity index (χ2v) is 11.8. The highest BCUT2D eigenvalue weighted by Crippen LogP contribution is 2.40. The number of aromatic nitrogens is 1. The molecule has 0 aliphatic carbocycles. The third-order valence-electron chi connectivity index (χ3n) is 8.80. The van der Waals surface area contributed by atoms with Crippen molar-refractivity contribution in [2.75, 3.05) is 19.7 Å². The number of carbonyl (C=O) groups is 1. The Labute approximate surface area is 235 Å². The number of fused-ring (bicyclic) bond motifs is 1. The van der Waals surface area contributed by atoms with Crippen molar-refractivity contribution >= 4 is 5.97 Å². The first kappa shape index (κ1) is 26.9. The number of nitrogens with zero attached hydrogens (tertiary/aromatic N) is 2. The fraction of sp³-hybridized carbons (Fsp3) is 0.455. The maximum Gasteiger partial charge on any atom is 0.306 e. The molecule has 2 aromatic carbocycles. The van der Waals surface area contributed by atoms with Crippen molar-refractivity contribution in [3.8, 4) is 16.9 Å². The Morgan fingerprint density at radius 3 is 2.88 bits per heavy atom. The lowest BCUT2D eigenvalue weighted by Crippen LogP contribution is -2.32. The van der Waals surface area contributed by atoms with Crippen molar-refractivity contribution in [2.24, 2.45) is 5.92 Å². The van der Waals surface area contributed by atoms with Crippen LogP contribution in [0.3, 0.4) is 0 Å². The molecule has 0 saturated carbocycles. The normalized spacial score (nSPS) is 23.2. The molecule has 3 aliphatic heterocycles. The zero-order valence-corrected chi connectivity index (χ0v) is 23.3. The maximum absolute atomic E-state index is 15.0. The molecule has 210 valence electrons. The van der Waals surface area contributed by atoms with Gasteiger partial charge in [0.2, 0.25) is 0 Å². The molecule has 0 amide bonds. The highest BCUT2D eigenvalue weighted by atomic mass is 19.1. The first-order chi connectivity index (χ1) is 19.3. The molecule has 7 heteroatoms. The number of aryl methyl sites for hydroxylation is 2. The van der Waals surface area contributed by atoms with Crippen LogP contribution in [0.4, 0.5) is 4.39 Å². The van der Waals surface area contributed by atoms with E-state index in [1.807, 2.05) is 31.2 Å². The second-order valence-electron chi connectivity index (χ2n) is 11.8. The number of halogens is 1. The van der Waals surface area contributed by atoms with E-state index in [0.29, 0.717) is 12.0 Å². The van der Waals surface area contributed by atoms with Gasteiger partial charge in [0, 0.05) is 37.5 Å². The summed E-state index contributed by atoms with van der Waals surface area (Å²) in [7, 11) is 0. The summed E-state index contributed by atoms with van der Waals surface area (Å²) in [5.41, 5.74) is 6.49. The summed E-state index contributed by atoms with van der Waals surface area (Å²) < 4.78 is 27.7. The summed E-state index contributed by atoms with van der Waals surface area (Å²) in [4.78, 5) is 17.9. The molecule has 6 rings (SSSR count). The Balaban J connectivity index is 1.29. The van der Waals surface area contributed by atoms with Gasteiger partial charge >= 0.3 is 5.97 Å². The molecule has 1 aromatic heterocycles. The molecule has 3 aliphatic rings. The lowest BCUT2D eigenvalue weighted by atomic mass is 9.91. The molecule has 1 spiro atoms. The van der Waals surface area contributed by atoms with Gasteiger partial charge in [0.25, 0.3) is 0 Å². The predicted molar refractivity (Wildman–Crippen MR) is 151 cm³/mol. The molecule has 0 radical (unpaired) electrons. The summed E-state index contributed by atoms with van der Waals surface area (Å²) in [6, 6.07) is 14.2. The number of hydrogen-bond donors (Lipinski definition) is 1. The van der Waals surface area contributed by atoms with Crippen LogP contribution in [-0.4, -0.2) is 46.3 Å². The topological polar surface area (TPSA) is 71.9 Å². The molecule has 3 atom stereocenters. The summed E-state index contributed by atoms with van der Waals surface area (Å²) in [5.74, 6) is -0.743. The number of pyridine rings is 1. The summed E-state index contributed by atoms with van der Waals surface area (Å²) >= 11 is 0. The maximum atomic E-state index is 15.0. The number of carboxylic acid groups (broad SMARTS) is 1. The molecular formula is C33H37FN2O4. The third-order valence-corrected chi connectivity index (χ3v) is 8.80. The molecule has 2 fully saturated rings. The first-order valence-electron chi connectivity index (χ1n) is 14.4. The van der Waals surface area contributed by atoms with Crippen molar-refractivity contribution in [2.45, 2.75) is 70.6 Å². The fourth-order valence-corrected chi connectivity index (χ4v) is 6.55. The lowest BCUT2D eigenvalue weighted by molar-refractivity contribution is -0.141. The minimum absolute atomic E-state index is 0.0255. The molecule has 3 aromatic rings. The number of aliphatic carboxylic acids is 1. The van der Waals surface area contributed by atoms with E-state index in [9.17, 15) is 9.90 Å². The van der Waals surface area contributed by atoms with E-state index in [0.717, 1.165) is 97.6 Å². The summed E-state index contributed by atoms with van der Waals surface area (Å²) in [5, 5.41) is 9.33. The SMILES string of the molecule is Cc1cc(-c2ccc(C3CCc4ccc(CC(C)C(=O)O)cc4O3)cc2CN2CCC3(CCCO3)C2)c(F)cn1. The van der Waals surface area contributed by atoms with Crippen LogP contribution in [0.5, 0.6) is 5.75 Å². The Bertz CT molecular complexity index is 1420. The number of rotatable bonds is 7. The van der Waals surface area contributed by atoms with E-state index >= 15 is 4.39 Å². The van der Waals surface area contributed by atoms with Crippen molar-refractivity contribution in [3.05, 3.63) is 82.4 Å². The Hall–Kier alpha value is -3.29. The number of carboxylic acids is 1. The van der Waals surface area contributed by atoms with Gasteiger partial charge in [0.15, 0.2) is 0 Å². The van der Waals surface area contributed by atoms with E-state index in [1.54, 1.807) is 6.92 Å². The largest absolute Gasteiger partial charge is 0.485 e. The van der Waals surface area contributed by atoms with Crippen LogP contribution in [0.1, 0.15) is 66.7 Å². The van der Waals surface area contributed by atoms with Crippen LogP contribution in [0.25, 0.3) is 11.1 Å². The highest BCUT2D eigenvalue weighted by Gasteiger charge is 2.41. The van der Waals surface area contributed by atoms with Crippen molar-refractivity contribution < 1.29 is 23.8 Å². The fourth-order valence-electron chi connectivity index (χ4n) is 6.55. The van der Waals surface area contributed by atoms with Crippen LogP contribution in [0.15, 0.2) is 48.7 Å². The van der Waals surface area contributed by atoms with Gasteiger partial charge in [0.05, 0.1) is 17.7 Å². The van der Waals surface area contributed by atoms with Gasteiger partial charge in [0.1, 0.15) is 17.7 Å². The molecule has 6 nitrogen and oxygen atoms in total. The van der Waals surface area contributed by atoms with Crippen LogP contribution in [0, 0.1) is 18.7 Å². The zero-order valence-electron chi connectivity index (χ0n) is 23.3. The molecular weight excluding hydrogens is 507 g/mol. The number of likely N-dealkylation sites (tertiary alicyclic amines) is 1. The first-order valence-corrected chi connectivity index (χ1v) is 14.4. The number of hydrogen-bond acceptors (Lipinski definition) is 5. The molecule has 40 heavy (non-hydrogen) atoms. The zero-order chi connectivity index (χ0) is 27.9. The van der Waals surface area contributed by atoms with E-state index in [-0.39, 0.29) is 17.5 Å². The third kappa shape index (κ3) is 5.50. The summed E-state index contributed by atoms with van der Waals surface area (Å²) in [6.07, 6.45) is 6.65. The van der Waals surface area contributed by atoms with Gasteiger partial charge in [-0.05, 0) is 85.4 Å². The van der Waals surface area contributed by atoms with Crippen molar-refractivity contribution in [1.82, 2.24) is 9.88 Å². The minimum atomic E-state index is -0.798. The van der Waals surface area contributed by atoms with E-state index in [2.05, 4.69) is 28.1 Å². The molecule has 1 N–H and O–H groups in total. The number of benzene rings is 2. The van der Waals surface area contributed by atoms with Gasteiger partial charge in [-0.2, -0.15) is 0 Å². The smallest absolute Gasteiger partial charge is 0.306 e. The van der Waals surface area contributed by atoms with Gasteiger partial charge in [-0.15, -0.1) is 0 Å². The van der Waals surface area contributed by atoms with Crippen molar-refractivity contribution in [1.29, 1.82) is 0 Å². The quantitative estimate of drug-likeness (QED) is 0.378. The lowest BCUT2D eigenvalue weighted by Gasteiger charge is -2.28. The van der Waals surface area contributed by atoms with Crippen molar-refractivity contribution in [3.63, 3.8) is 0 Å². The number of ether oxygens (including phenoxy) is 2. The van der Waals surface area contributed by atoms with E-state index < -0.39 is 11.9 Å². The average molecular weight is 545 g/mol. The van der Waals surface area contributed by atoms with Gasteiger partial charge in [-0.1, -0.05) is 37.3 Å². The van der Waals surface area contributed by atoms with Gasteiger partial charge in [-0.25, -0.2) is 4.39 Å². The Morgan fingerprint density at radius 2 is 2.08 bits per heavy atom. The molecule has 3 unspecified atom stereocenters. The van der Waals surface area contributed by atoms with Crippen LogP contribution in [0.2, 0.25) is 0 Å². The van der Waals surface area contributed by atoms with Crippen LogP contribution in [-0.2, 0) is 28.9 Å². The van der Waals surface area contributed by atoms with Crippen LogP contribution < -0.4 is 4.74 Å². The van der Waals surface area contributed by atoms with Gasteiger partial charge in [-0.3, -0.25) is 14.7 Å². The molecule has 4 heterocycles. The summed E-state index contributed by atoms with van der Waals surface area (Å²) in [6.45, 7) is 7.04. The average Bonchev–Trinajstić information content (AvgIpc) is 3.58. The molecule has 0 bridgehead atoms. The second kappa shape index (κ2) is 10.9. The minimum Gasteiger partial charge on any atom is -0.485 e. The van der Waals surface area contributed by atoms with E-state index in [1.165, 1.54) is 6.20 Å². The monoisotopic (exact) mass is 544 g/mol.